The van der Waals surface area contributed by atoms with Gasteiger partial charge < -0.3 is 4.48 Å². The predicted octanol–water partition coefficient (Wildman–Crippen LogP) is 0.918. The number of hydrogen-bond acceptors (Lipinski definition) is 1. The van der Waals surface area contributed by atoms with E-state index in [4.69, 9.17) is 0 Å². The molecule has 64 valence electrons. The zero-order chi connectivity index (χ0) is 8.65. The molecule has 1 heterocycles. The number of carbonyl (C=O) groups excluding carboxylic acids is 1. The summed E-state index contributed by atoms with van der Waals surface area (Å²) in [6, 6.07) is 0. The molecule has 0 amide bonds. The Kier molecular flexibility index (Phi) is 2.06. The summed E-state index contributed by atoms with van der Waals surface area (Å²) < 4.78 is 0.994. The van der Waals surface area contributed by atoms with Gasteiger partial charge in [0.15, 0.2) is 0 Å². The first-order chi connectivity index (χ1) is 4.92. The van der Waals surface area contributed by atoms with Crippen molar-refractivity contribution in [2.45, 2.75) is 13.8 Å². The number of quaternary nitrogens is 1. The van der Waals surface area contributed by atoms with Gasteiger partial charge in [-0.15, -0.1) is 0 Å². The van der Waals surface area contributed by atoms with Crippen molar-refractivity contribution < 1.29 is 9.28 Å². The van der Waals surface area contributed by atoms with Crippen LogP contribution in [0.25, 0.3) is 0 Å². The summed E-state index contributed by atoms with van der Waals surface area (Å²) in [5.74, 6) is 0.963. The summed E-state index contributed by atoms with van der Waals surface area (Å²) in [6.45, 7) is 6.09. The topological polar surface area (TPSA) is 17.1 Å². The number of piperidine rings is 1. The van der Waals surface area contributed by atoms with E-state index in [0.717, 1.165) is 17.6 Å². The van der Waals surface area contributed by atoms with E-state index in [1.165, 1.54) is 0 Å². The van der Waals surface area contributed by atoms with Gasteiger partial charge in [0.2, 0.25) is 0 Å². The van der Waals surface area contributed by atoms with Gasteiger partial charge in [-0.1, -0.05) is 13.8 Å². The molecule has 1 aliphatic heterocycles. The average molecular weight is 156 g/mol. The molecule has 2 nitrogen and oxygen atoms in total. The van der Waals surface area contributed by atoms with Crippen molar-refractivity contribution in [2.24, 2.45) is 11.8 Å². The average Bonchev–Trinajstić information content (AvgIpc) is 1.81. The molecule has 1 rings (SSSR count). The third-order valence-electron chi connectivity index (χ3n) is 2.51. The monoisotopic (exact) mass is 156 g/mol. The Morgan fingerprint density at radius 3 is 1.91 bits per heavy atom. The van der Waals surface area contributed by atoms with Crippen LogP contribution in [0.5, 0.6) is 0 Å². The first kappa shape index (κ1) is 8.72. The quantitative estimate of drug-likeness (QED) is 0.477. The zero-order valence-electron chi connectivity index (χ0n) is 7.92. The Morgan fingerprint density at radius 1 is 1.18 bits per heavy atom. The number of hydrogen-bond donors (Lipinski definition) is 0. The van der Waals surface area contributed by atoms with E-state index < -0.39 is 0 Å². The predicted molar refractivity (Wildman–Crippen MR) is 45.2 cm³/mol. The fourth-order valence-electron chi connectivity index (χ4n) is 2.22. The normalized spacial score (nSPS) is 37.3. The van der Waals surface area contributed by atoms with Crippen LogP contribution >= 0.6 is 0 Å². The minimum Gasteiger partial charge on any atom is -0.327 e. The summed E-state index contributed by atoms with van der Waals surface area (Å²) in [6.07, 6.45) is 0. The molecule has 0 unspecified atom stereocenters. The molecule has 0 saturated carbocycles. The lowest BCUT2D eigenvalue weighted by atomic mass is 9.89. The molecule has 0 aromatic rings. The smallest absolute Gasteiger partial charge is 0.149 e. The van der Waals surface area contributed by atoms with Crippen LogP contribution in [0.2, 0.25) is 0 Å². The van der Waals surface area contributed by atoms with Crippen molar-refractivity contribution in [3.05, 3.63) is 0 Å². The van der Waals surface area contributed by atoms with Gasteiger partial charge in [0.25, 0.3) is 0 Å². The van der Waals surface area contributed by atoms with Crippen molar-refractivity contribution in [3.8, 4) is 0 Å². The van der Waals surface area contributed by atoms with Gasteiger partial charge in [-0.25, -0.2) is 0 Å². The SMILES string of the molecule is C[C@@H]1C[N+](C)(C)C[C@H](C)C1=O. The van der Waals surface area contributed by atoms with Gasteiger partial charge in [0, 0.05) is 0 Å². The maximum Gasteiger partial charge on any atom is 0.149 e. The summed E-state index contributed by atoms with van der Waals surface area (Å²) in [4.78, 5) is 11.4. The minimum atomic E-state index is 0.258. The molecule has 1 saturated heterocycles. The van der Waals surface area contributed by atoms with Crippen LogP contribution in [0.4, 0.5) is 0 Å². The van der Waals surface area contributed by atoms with E-state index in [9.17, 15) is 4.79 Å². The zero-order valence-corrected chi connectivity index (χ0v) is 7.92. The van der Waals surface area contributed by atoms with Crippen LogP contribution in [0.1, 0.15) is 13.8 Å². The second-order valence-corrected chi connectivity index (χ2v) is 4.51. The number of rotatable bonds is 0. The molecular weight excluding hydrogens is 138 g/mol. The summed E-state index contributed by atoms with van der Waals surface area (Å²) >= 11 is 0. The molecule has 0 aromatic heterocycles. The molecule has 0 aliphatic carbocycles. The van der Waals surface area contributed by atoms with E-state index in [0.29, 0.717) is 5.78 Å². The van der Waals surface area contributed by atoms with Crippen molar-refractivity contribution >= 4 is 5.78 Å². The first-order valence-corrected chi connectivity index (χ1v) is 4.28. The van der Waals surface area contributed by atoms with E-state index in [1.54, 1.807) is 0 Å². The molecule has 0 spiro atoms. The van der Waals surface area contributed by atoms with Crippen LogP contribution in [0, 0.1) is 11.8 Å². The Hall–Kier alpha value is -0.370. The molecular formula is C9H18NO+. The van der Waals surface area contributed by atoms with Gasteiger partial charge in [-0.05, 0) is 0 Å². The minimum absolute atomic E-state index is 0.258. The van der Waals surface area contributed by atoms with E-state index >= 15 is 0 Å². The largest absolute Gasteiger partial charge is 0.327 e. The van der Waals surface area contributed by atoms with Gasteiger partial charge >= 0.3 is 0 Å². The third-order valence-corrected chi connectivity index (χ3v) is 2.51. The lowest BCUT2D eigenvalue weighted by molar-refractivity contribution is -0.897. The second-order valence-electron chi connectivity index (χ2n) is 4.51. The van der Waals surface area contributed by atoms with Gasteiger partial charge in [-0.3, -0.25) is 4.79 Å². The van der Waals surface area contributed by atoms with Crippen LogP contribution in [-0.4, -0.2) is 37.5 Å². The van der Waals surface area contributed by atoms with Crippen molar-refractivity contribution in [3.63, 3.8) is 0 Å². The molecule has 1 fully saturated rings. The highest BCUT2D eigenvalue weighted by Gasteiger charge is 2.35. The highest BCUT2D eigenvalue weighted by molar-refractivity contribution is 5.83. The standard InChI is InChI=1S/C9H18NO/c1-7-5-10(3,4)6-8(2)9(7)11/h7-8H,5-6H2,1-4H3/q+1/t7-,8+. The molecule has 2 heteroatoms. The molecule has 11 heavy (non-hydrogen) atoms. The second kappa shape index (κ2) is 2.59. The van der Waals surface area contributed by atoms with E-state index in [1.807, 2.05) is 13.8 Å². The first-order valence-electron chi connectivity index (χ1n) is 4.28. The molecule has 0 aromatic carbocycles. The fourth-order valence-corrected chi connectivity index (χ4v) is 2.22. The number of carbonyl (C=O) groups is 1. The molecule has 0 radical (unpaired) electrons. The Labute approximate surface area is 68.8 Å². The Bertz CT molecular complexity index is 158. The summed E-state index contributed by atoms with van der Waals surface area (Å²) in [5, 5.41) is 0. The van der Waals surface area contributed by atoms with Crippen LogP contribution in [-0.2, 0) is 4.79 Å². The lowest BCUT2D eigenvalue weighted by Crippen LogP contribution is -2.54. The molecule has 1 aliphatic rings. The Balaban J connectivity index is 2.70. The number of nitrogens with zero attached hydrogens (tertiary/aromatic N) is 1. The number of ketones is 1. The lowest BCUT2D eigenvalue weighted by Gasteiger charge is -2.39. The maximum absolute atomic E-state index is 11.4. The van der Waals surface area contributed by atoms with Crippen molar-refractivity contribution in [1.82, 2.24) is 0 Å². The Morgan fingerprint density at radius 2 is 1.55 bits per heavy atom. The van der Waals surface area contributed by atoms with E-state index in [-0.39, 0.29) is 11.8 Å². The summed E-state index contributed by atoms with van der Waals surface area (Å²) in [7, 11) is 4.39. The third kappa shape index (κ3) is 1.80. The van der Waals surface area contributed by atoms with E-state index in [2.05, 4.69) is 14.1 Å². The van der Waals surface area contributed by atoms with Gasteiger partial charge in [0.05, 0.1) is 39.0 Å². The highest BCUT2D eigenvalue weighted by Crippen LogP contribution is 2.20. The fraction of sp³-hybridized carbons (Fsp3) is 0.889. The van der Waals surface area contributed by atoms with Crippen LogP contribution in [0.3, 0.4) is 0 Å². The van der Waals surface area contributed by atoms with Gasteiger partial charge in [0.1, 0.15) is 5.78 Å². The molecule has 2 atom stereocenters. The number of Topliss-reactive ketones (excluding diaryl/α,β-unsaturated/α-hetero) is 1. The van der Waals surface area contributed by atoms with Gasteiger partial charge in [-0.2, -0.15) is 0 Å². The molecule has 0 bridgehead atoms. The van der Waals surface area contributed by atoms with Crippen molar-refractivity contribution in [1.29, 1.82) is 0 Å². The summed E-state index contributed by atoms with van der Waals surface area (Å²) in [5.41, 5.74) is 0. The van der Waals surface area contributed by atoms with Crippen molar-refractivity contribution in [2.75, 3.05) is 27.2 Å². The number of likely N-dealkylation sites (tertiary alicyclic amines) is 1. The highest BCUT2D eigenvalue weighted by atomic mass is 16.1. The van der Waals surface area contributed by atoms with Crippen LogP contribution < -0.4 is 0 Å². The molecule has 0 N–H and O–H groups in total. The maximum atomic E-state index is 11.4. The van der Waals surface area contributed by atoms with Crippen LogP contribution in [0.15, 0.2) is 0 Å².